The average molecular weight is 221 g/mol. The van der Waals surface area contributed by atoms with Crippen molar-refractivity contribution in [2.24, 2.45) is 5.73 Å². The van der Waals surface area contributed by atoms with Gasteiger partial charge in [0, 0.05) is 13.3 Å². The number of carbonyl (C=O) groups is 2. The topological polar surface area (TPSA) is 60.2 Å². The average Bonchev–Trinajstić information content (AvgIpc) is 2.14. The molecule has 0 spiro atoms. The Morgan fingerprint density at radius 3 is 2.25 bits per heavy atom. The maximum atomic E-state index is 10.7. The second-order valence-electron chi connectivity index (χ2n) is 3.80. The van der Waals surface area contributed by atoms with Crippen LogP contribution in [0.3, 0.4) is 0 Å². The summed E-state index contributed by atoms with van der Waals surface area (Å²) in [5, 5.41) is 0. The lowest BCUT2D eigenvalue weighted by atomic mass is 10.1. The first-order valence-electron chi connectivity index (χ1n) is 5.23. The molecule has 0 fully saturated rings. The van der Waals surface area contributed by atoms with Crippen LogP contribution >= 0.6 is 0 Å². The third-order valence-corrected chi connectivity index (χ3v) is 1.85. The van der Waals surface area contributed by atoms with Crippen LogP contribution in [0.4, 0.5) is 0 Å². The van der Waals surface area contributed by atoms with Crippen LogP contribution in [0.15, 0.2) is 24.3 Å². The summed E-state index contributed by atoms with van der Waals surface area (Å²) in [6.07, 6.45) is 1.53. The van der Waals surface area contributed by atoms with Gasteiger partial charge in [0.25, 0.3) is 0 Å². The fourth-order valence-corrected chi connectivity index (χ4v) is 1.19. The zero-order chi connectivity index (χ0) is 12.6. The maximum absolute atomic E-state index is 10.7. The fraction of sp³-hybridized carbons (Fsp3) is 0.385. The van der Waals surface area contributed by atoms with E-state index in [0.717, 1.165) is 6.42 Å². The molecule has 1 rings (SSSR count). The predicted molar refractivity (Wildman–Crippen MR) is 65.0 cm³/mol. The van der Waals surface area contributed by atoms with Gasteiger partial charge in [-0.25, -0.2) is 0 Å². The van der Waals surface area contributed by atoms with Gasteiger partial charge < -0.3 is 10.5 Å². The Hall–Kier alpha value is -1.64. The molecule has 0 aliphatic carbocycles. The molecule has 0 bridgehead atoms. The van der Waals surface area contributed by atoms with Gasteiger partial charge in [0.15, 0.2) is 0 Å². The number of primary amides is 1. The molecule has 1 aromatic carbocycles. The van der Waals surface area contributed by atoms with Gasteiger partial charge in [0.05, 0.1) is 0 Å². The maximum Gasteiger partial charge on any atom is 0.214 e. The summed E-state index contributed by atoms with van der Waals surface area (Å²) in [6, 6.07) is 8.29. The van der Waals surface area contributed by atoms with Crippen molar-refractivity contribution >= 4 is 11.7 Å². The summed E-state index contributed by atoms with van der Waals surface area (Å²) in [7, 11) is 0. The van der Waals surface area contributed by atoms with Crippen LogP contribution in [-0.2, 0) is 16.0 Å². The molecule has 0 saturated carbocycles. The molecule has 0 heterocycles. The number of ketones is 1. The number of amides is 1. The van der Waals surface area contributed by atoms with Crippen molar-refractivity contribution in [3.05, 3.63) is 35.4 Å². The van der Waals surface area contributed by atoms with Crippen molar-refractivity contribution in [3.8, 4) is 0 Å². The largest absolute Gasteiger partial charge is 0.370 e. The lowest BCUT2D eigenvalue weighted by Gasteiger charge is -1.99. The molecular formula is C13H19NO2. The normalized spacial score (nSPS) is 8.94. The van der Waals surface area contributed by atoms with Crippen LogP contribution < -0.4 is 5.73 Å². The van der Waals surface area contributed by atoms with Crippen molar-refractivity contribution in [3.63, 3.8) is 0 Å². The summed E-state index contributed by atoms with van der Waals surface area (Å²) < 4.78 is 0. The van der Waals surface area contributed by atoms with Gasteiger partial charge in [-0.1, -0.05) is 29.8 Å². The van der Waals surface area contributed by atoms with Gasteiger partial charge in [0.1, 0.15) is 5.78 Å². The standard InChI is InChI=1S/C11H14O.C2H5NO/c1-9-4-3-5-11(8-9)7-6-10(2)12;1-2(3)4/h3-5,8H,6-7H2,1-2H3;1H3,(H2,3,4). The first kappa shape index (κ1) is 14.4. The summed E-state index contributed by atoms with van der Waals surface area (Å²) in [5.74, 6) is -0.0727. The van der Waals surface area contributed by atoms with Crippen LogP contribution in [-0.4, -0.2) is 11.7 Å². The van der Waals surface area contributed by atoms with Crippen LogP contribution in [0.25, 0.3) is 0 Å². The second-order valence-corrected chi connectivity index (χ2v) is 3.80. The quantitative estimate of drug-likeness (QED) is 0.848. The highest BCUT2D eigenvalue weighted by atomic mass is 16.1. The van der Waals surface area contributed by atoms with Crippen LogP contribution in [0, 0.1) is 6.92 Å². The Kier molecular flexibility index (Phi) is 6.84. The molecule has 1 aromatic rings. The summed E-state index contributed by atoms with van der Waals surface area (Å²) in [4.78, 5) is 19.9. The molecule has 0 radical (unpaired) electrons. The number of hydrogen-bond acceptors (Lipinski definition) is 2. The lowest BCUT2D eigenvalue weighted by molar-refractivity contribution is -0.117. The van der Waals surface area contributed by atoms with Gasteiger partial charge in [-0.3, -0.25) is 4.79 Å². The molecule has 0 aromatic heterocycles. The van der Waals surface area contributed by atoms with Crippen molar-refractivity contribution in [1.82, 2.24) is 0 Å². The molecule has 0 unspecified atom stereocenters. The SMILES string of the molecule is CC(=O)CCc1cccc(C)c1.CC(N)=O. The summed E-state index contributed by atoms with van der Waals surface area (Å²) >= 11 is 0. The number of Topliss-reactive ketones (excluding diaryl/α,β-unsaturated/α-hetero) is 1. The smallest absolute Gasteiger partial charge is 0.214 e. The minimum absolute atomic E-state index is 0.261. The fourth-order valence-electron chi connectivity index (χ4n) is 1.19. The van der Waals surface area contributed by atoms with Gasteiger partial charge in [-0.2, -0.15) is 0 Å². The van der Waals surface area contributed by atoms with E-state index in [1.54, 1.807) is 6.92 Å². The lowest BCUT2D eigenvalue weighted by Crippen LogP contribution is -2.01. The number of nitrogens with two attached hydrogens (primary N) is 1. The Bertz CT molecular complexity index is 355. The van der Waals surface area contributed by atoms with Crippen LogP contribution in [0.2, 0.25) is 0 Å². The minimum atomic E-state index is -0.333. The van der Waals surface area contributed by atoms with Gasteiger partial charge in [-0.15, -0.1) is 0 Å². The molecule has 88 valence electrons. The van der Waals surface area contributed by atoms with Crippen molar-refractivity contribution in [1.29, 1.82) is 0 Å². The van der Waals surface area contributed by atoms with E-state index in [-0.39, 0.29) is 11.7 Å². The molecule has 16 heavy (non-hydrogen) atoms. The molecule has 0 aliphatic rings. The van der Waals surface area contributed by atoms with Gasteiger partial charge in [-0.05, 0) is 25.8 Å². The Labute approximate surface area is 96.7 Å². The summed E-state index contributed by atoms with van der Waals surface area (Å²) in [6.45, 7) is 5.01. The Morgan fingerprint density at radius 1 is 1.25 bits per heavy atom. The third-order valence-electron chi connectivity index (χ3n) is 1.85. The van der Waals surface area contributed by atoms with E-state index < -0.39 is 0 Å². The van der Waals surface area contributed by atoms with Crippen molar-refractivity contribution in [2.45, 2.75) is 33.6 Å². The molecule has 2 N–H and O–H groups in total. The van der Waals surface area contributed by atoms with Gasteiger partial charge in [0.2, 0.25) is 5.91 Å². The van der Waals surface area contributed by atoms with Gasteiger partial charge >= 0.3 is 0 Å². The highest BCUT2D eigenvalue weighted by Crippen LogP contribution is 2.06. The first-order valence-corrected chi connectivity index (χ1v) is 5.23. The molecular weight excluding hydrogens is 202 g/mol. The number of carbonyl (C=O) groups excluding carboxylic acids is 2. The number of hydrogen-bond donors (Lipinski definition) is 1. The molecule has 0 atom stereocenters. The first-order chi connectivity index (χ1) is 7.41. The van der Waals surface area contributed by atoms with Crippen molar-refractivity contribution in [2.75, 3.05) is 0 Å². The molecule has 3 nitrogen and oxygen atoms in total. The summed E-state index contributed by atoms with van der Waals surface area (Å²) in [5.41, 5.74) is 6.99. The van der Waals surface area contributed by atoms with E-state index in [4.69, 9.17) is 0 Å². The zero-order valence-electron chi connectivity index (χ0n) is 10.1. The Balaban J connectivity index is 0.000000487. The number of rotatable bonds is 3. The second kappa shape index (κ2) is 7.63. The van der Waals surface area contributed by atoms with E-state index in [0.29, 0.717) is 6.42 Å². The highest BCUT2D eigenvalue weighted by Gasteiger charge is 1.95. The third kappa shape index (κ3) is 8.94. The number of benzene rings is 1. The molecule has 3 heteroatoms. The van der Waals surface area contributed by atoms with E-state index in [1.807, 2.05) is 6.07 Å². The predicted octanol–water partition coefficient (Wildman–Crippen LogP) is 2.01. The highest BCUT2D eigenvalue weighted by molar-refractivity contribution is 5.75. The zero-order valence-corrected chi connectivity index (χ0v) is 10.1. The van der Waals surface area contributed by atoms with Crippen LogP contribution in [0.5, 0.6) is 0 Å². The number of aryl methyl sites for hydroxylation is 2. The monoisotopic (exact) mass is 221 g/mol. The van der Waals surface area contributed by atoms with E-state index >= 15 is 0 Å². The Morgan fingerprint density at radius 2 is 1.81 bits per heavy atom. The molecule has 1 amide bonds. The minimum Gasteiger partial charge on any atom is -0.370 e. The van der Waals surface area contributed by atoms with Crippen LogP contribution in [0.1, 0.15) is 31.4 Å². The van der Waals surface area contributed by atoms with E-state index in [1.165, 1.54) is 18.1 Å². The molecule has 0 aliphatic heterocycles. The van der Waals surface area contributed by atoms with E-state index in [9.17, 15) is 9.59 Å². The van der Waals surface area contributed by atoms with Crippen molar-refractivity contribution < 1.29 is 9.59 Å². The van der Waals surface area contributed by atoms with E-state index in [2.05, 4.69) is 30.9 Å². The molecule has 0 saturated heterocycles.